The van der Waals surface area contributed by atoms with E-state index >= 15 is 0 Å². The van der Waals surface area contributed by atoms with Gasteiger partial charge in [0, 0.05) is 30.3 Å². The summed E-state index contributed by atoms with van der Waals surface area (Å²) in [6.07, 6.45) is 4.01. The molecule has 0 atom stereocenters. The summed E-state index contributed by atoms with van der Waals surface area (Å²) in [6, 6.07) is 10.1. The molecule has 4 rings (SSSR count). The third kappa shape index (κ3) is 5.17. The van der Waals surface area contributed by atoms with E-state index in [0.717, 1.165) is 43.6 Å². The molecule has 0 saturated heterocycles. The lowest BCUT2D eigenvalue weighted by atomic mass is 10.2. The number of aryl methyl sites for hydroxylation is 1. The van der Waals surface area contributed by atoms with E-state index < -0.39 is 0 Å². The molecule has 0 fully saturated rings. The summed E-state index contributed by atoms with van der Waals surface area (Å²) >= 11 is 12.2. The van der Waals surface area contributed by atoms with Crippen LogP contribution in [0, 0.1) is 0 Å². The van der Waals surface area contributed by atoms with Crippen LogP contribution >= 0.6 is 23.2 Å². The zero-order valence-corrected chi connectivity index (χ0v) is 20.0. The van der Waals surface area contributed by atoms with E-state index in [9.17, 15) is 4.79 Å². The van der Waals surface area contributed by atoms with Crippen LogP contribution in [0.2, 0.25) is 10.0 Å². The summed E-state index contributed by atoms with van der Waals surface area (Å²) in [5.74, 6) is 2.65. The van der Waals surface area contributed by atoms with E-state index in [0.29, 0.717) is 33.2 Å². The number of fused-ring (bicyclic) bond motifs is 1. The molecule has 0 saturated carbocycles. The molecular formula is C23H25Cl2N5O3. The van der Waals surface area contributed by atoms with E-state index in [-0.39, 0.29) is 12.6 Å². The molecule has 0 aliphatic carbocycles. The topological polar surface area (TPSA) is 81.5 Å². The maximum absolute atomic E-state index is 13.5. The summed E-state index contributed by atoms with van der Waals surface area (Å²) in [7, 11) is 3.18. The number of aromatic nitrogens is 3. The summed E-state index contributed by atoms with van der Waals surface area (Å²) in [5, 5.41) is 12.4. The number of amides is 2. The Morgan fingerprint density at radius 3 is 2.67 bits per heavy atom. The number of urea groups is 1. The highest BCUT2D eigenvalue weighted by molar-refractivity contribution is 6.42. The molecule has 1 aliphatic rings. The molecule has 2 aromatic carbocycles. The minimum atomic E-state index is -0.370. The van der Waals surface area contributed by atoms with Crippen molar-refractivity contribution < 1.29 is 14.3 Å². The van der Waals surface area contributed by atoms with E-state index in [4.69, 9.17) is 32.7 Å². The standard InChI is InChI=1S/C23H25Cl2N5O3/c1-32-17-9-7-15(20(13-17)33-2)14-30(22-28-27-21-6-4-3-5-11-29(21)22)23(31)26-16-8-10-18(24)19(25)12-16/h7-10,12-13H,3-6,11,14H2,1-2H3,(H,26,31). The monoisotopic (exact) mass is 489 g/mol. The first-order valence-electron chi connectivity index (χ1n) is 10.7. The molecule has 10 heteroatoms. The second-order valence-electron chi connectivity index (χ2n) is 7.70. The van der Waals surface area contributed by atoms with Gasteiger partial charge in [-0.05, 0) is 43.2 Å². The minimum absolute atomic E-state index is 0.221. The van der Waals surface area contributed by atoms with Crippen LogP contribution in [0.1, 0.15) is 30.7 Å². The molecule has 2 amide bonds. The van der Waals surface area contributed by atoms with Crippen molar-refractivity contribution in [1.29, 1.82) is 0 Å². The Balaban J connectivity index is 1.70. The number of nitrogens with zero attached hydrogens (tertiary/aromatic N) is 4. The van der Waals surface area contributed by atoms with Crippen molar-refractivity contribution in [3.05, 3.63) is 57.8 Å². The van der Waals surface area contributed by atoms with Crippen molar-refractivity contribution in [3.63, 3.8) is 0 Å². The van der Waals surface area contributed by atoms with Gasteiger partial charge in [-0.3, -0.25) is 9.47 Å². The molecule has 1 N–H and O–H groups in total. The molecule has 0 spiro atoms. The van der Waals surface area contributed by atoms with E-state index in [1.807, 2.05) is 16.7 Å². The molecule has 8 nitrogen and oxygen atoms in total. The number of hydrogen-bond donors (Lipinski definition) is 1. The summed E-state index contributed by atoms with van der Waals surface area (Å²) < 4.78 is 12.9. The molecular weight excluding hydrogens is 465 g/mol. The fourth-order valence-corrected chi connectivity index (χ4v) is 4.12. The van der Waals surface area contributed by atoms with Crippen LogP contribution in [0.25, 0.3) is 0 Å². The molecule has 0 unspecified atom stereocenters. The Labute approximate surface area is 202 Å². The van der Waals surface area contributed by atoms with Gasteiger partial charge >= 0.3 is 6.03 Å². The molecule has 33 heavy (non-hydrogen) atoms. The van der Waals surface area contributed by atoms with Gasteiger partial charge in [0.05, 0.1) is 30.8 Å². The number of halogens is 2. The molecule has 3 aromatic rings. The quantitative estimate of drug-likeness (QED) is 0.489. The average Bonchev–Trinajstić information content (AvgIpc) is 3.06. The molecule has 0 radical (unpaired) electrons. The second-order valence-corrected chi connectivity index (χ2v) is 8.52. The van der Waals surface area contributed by atoms with Crippen LogP contribution in [0.4, 0.5) is 16.4 Å². The van der Waals surface area contributed by atoms with Gasteiger partial charge in [-0.1, -0.05) is 29.6 Å². The van der Waals surface area contributed by atoms with E-state index in [1.54, 1.807) is 43.4 Å². The Kier molecular flexibility index (Phi) is 7.25. The number of ether oxygens (including phenoxy) is 2. The van der Waals surface area contributed by atoms with Crippen molar-refractivity contribution in [2.24, 2.45) is 0 Å². The molecule has 1 aromatic heterocycles. The fraction of sp³-hybridized carbons (Fsp3) is 0.348. The van der Waals surface area contributed by atoms with Crippen molar-refractivity contribution >= 4 is 40.9 Å². The number of hydrogen-bond acceptors (Lipinski definition) is 5. The summed E-state index contributed by atoms with van der Waals surface area (Å²) in [6.45, 7) is 0.979. The van der Waals surface area contributed by atoms with Gasteiger partial charge in [-0.2, -0.15) is 0 Å². The third-order valence-corrected chi connectivity index (χ3v) is 6.31. The Hall–Kier alpha value is -2.97. The van der Waals surface area contributed by atoms with Gasteiger partial charge in [0.1, 0.15) is 17.3 Å². The number of methoxy groups -OCH3 is 2. The van der Waals surface area contributed by atoms with Crippen LogP contribution in [-0.4, -0.2) is 35.0 Å². The van der Waals surface area contributed by atoms with E-state index in [1.165, 1.54) is 0 Å². The van der Waals surface area contributed by atoms with Gasteiger partial charge < -0.3 is 14.8 Å². The van der Waals surface area contributed by atoms with Gasteiger partial charge in [-0.25, -0.2) is 4.79 Å². The highest BCUT2D eigenvalue weighted by Gasteiger charge is 2.26. The van der Waals surface area contributed by atoms with Gasteiger partial charge in [0.15, 0.2) is 0 Å². The van der Waals surface area contributed by atoms with Crippen LogP contribution in [0.5, 0.6) is 11.5 Å². The Morgan fingerprint density at radius 2 is 1.91 bits per heavy atom. The maximum Gasteiger partial charge on any atom is 0.329 e. The number of rotatable bonds is 6. The predicted molar refractivity (Wildman–Crippen MR) is 129 cm³/mol. The summed E-state index contributed by atoms with van der Waals surface area (Å²) in [4.78, 5) is 15.1. The SMILES string of the molecule is COc1ccc(CN(C(=O)Nc2ccc(Cl)c(Cl)c2)c2nnc3n2CCCCC3)c(OC)c1. The van der Waals surface area contributed by atoms with E-state index in [2.05, 4.69) is 15.5 Å². The molecule has 0 bridgehead atoms. The van der Waals surface area contributed by atoms with Gasteiger partial charge in [-0.15, -0.1) is 10.2 Å². The highest BCUT2D eigenvalue weighted by atomic mass is 35.5. The lowest BCUT2D eigenvalue weighted by Crippen LogP contribution is -2.36. The number of benzene rings is 2. The van der Waals surface area contributed by atoms with Crippen LogP contribution in [0.3, 0.4) is 0 Å². The first-order valence-corrected chi connectivity index (χ1v) is 11.4. The van der Waals surface area contributed by atoms with Crippen LogP contribution < -0.4 is 19.7 Å². The van der Waals surface area contributed by atoms with Crippen LogP contribution in [0.15, 0.2) is 36.4 Å². The lowest BCUT2D eigenvalue weighted by molar-refractivity contribution is 0.256. The molecule has 174 valence electrons. The van der Waals surface area contributed by atoms with Crippen molar-refractivity contribution in [2.75, 3.05) is 24.4 Å². The Morgan fingerprint density at radius 1 is 1.06 bits per heavy atom. The van der Waals surface area contributed by atoms with Gasteiger partial charge in [0.2, 0.25) is 5.95 Å². The second kappa shape index (κ2) is 10.3. The van der Waals surface area contributed by atoms with Gasteiger partial charge in [0.25, 0.3) is 0 Å². The zero-order valence-electron chi connectivity index (χ0n) is 18.5. The maximum atomic E-state index is 13.5. The number of anilines is 2. The van der Waals surface area contributed by atoms with Crippen molar-refractivity contribution in [2.45, 2.75) is 38.8 Å². The predicted octanol–water partition coefficient (Wildman–Crippen LogP) is 5.57. The largest absolute Gasteiger partial charge is 0.497 e. The number of nitrogens with one attached hydrogen (secondary N) is 1. The smallest absolute Gasteiger partial charge is 0.329 e. The van der Waals surface area contributed by atoms with Crippen molar-refractivity contribution in [3.8, 4) is 11.5 Å². The van der Waals surface area contributed by atoms with Crippen LogP contribution in [-0.2, 0) is 19.5 Å². The molecule has 2 heterocycles. The number of carbonyl (C=O) groups excluding carboxylic acids is 1. The fourth-order valence-electron chi connectivity index (χ4n) is 3.82. The Bertz CT molecular complexity index is 1150. The highest BCUT2D eigenvalue weighted by Crippen LogP contribution is 2.30. The average molecular weight is 490 g/mol. The first kappa shape index (κ1) is 23.2. The summed E-state index contributed by atoms with van der Waals surface area (Å²) in [5.41, 5.74) is 1.32. The van der Waals surface area contributed by atoms with Crippen molar-refractivity contribution in [1.82, 2.24) is 14.8 Å². The normalized spacial score (nSPS) is 13.1. The zero-order chi connectivity index (χ0) is 23.4. The third-order valence-electron chi connectivity index (χ3n) is 5.57. The number of carbonyl (C=O) groups is 1. The lowest BCUT2D eigenvalue weighted by Gasteiger charge is -2.24. The molecule has 1 aliphatic heterocycles. The first-order chi connectivity index (χ1) is 16.0. The minimum Gasteiger partial charge on any atom is -0.497 e.